The summed E-state index contributed by atoms with van der Waals surface area (Å²) in [5.41, 5.74) is 5.79. The Balaban J connectivity index is 2.97. The van der Waals surface area contributed by atoms with Crippen LogP contribution in [-0.2, 0) is 11.2 Å². The average Bonchev–Trinajstić information content (AvgIpc) is 2.20. The number of phenolic OH excluding ortho intramolecular Hbond substituents is 1. The summed E-state index contributed by atoms with van der Waals surface area (Å²) in [7, 11) is 1.45. The zero-order valence-electron chi connectivity index (χ0n) is 8.30. The summed E-state index contributed by atoms with van der Waals surface area (Å²) >= 11 is 0. The Kier molecular flexibility index (Phi) is 3.51. The maximum absolute atomic E-state index is 10.6. The van der Waals surface area contributed by atoms with E-state index >= 15 is 0 Å². The van der Waals surface area contributed by atoms with Crippen LogP contribution in [0.2, 0.25) is 0 Å². The third-order valence-corrected chi connectivity index (χ3v) is 2.07. The third kappa shape index (κ3) is 2.60. The normalized spacial score (nSPS) is 12.1. The first-order valence-electron chi connectivity index (χ1n) is 4.39. The average molecular weight is 211 g/mol. The van der Waals surface area contributed by atoms with Gasteiger partial charge in [-0.1, -0.05) is 6.07 Å². The molecule has 0 heterocycles. The van der Waals surface area contributed by atoms with Crippen molar-refractivity contribution in [3.63, 3.8) is 0 Å². The quantitative estimate of drug-likeness (QED) is 0.668. The minimum Gasteiger partial charge on any atom is -0.508 e. The molecule has 82 valence electrons. The Hall–Kier alpha value is -1.75. The van der Waals surface area contributed by atoms with Gasteiger partial charge in [0.1, 0.15) is 17.5 Å². The molecule has 5 heteroatoms. The second-order valence-electron chi connectivity index (χ2n) is 3.11. The van der Waals surface area contributed by atoms with Crippen molar-refractivity contribution in [3.8, 4) is 11.5 Å². The number of aromatic hydroxyl groups is 1. The Morgan fingerprint density at radius 1 is 1.60 bits per heavy atom. The van der Waals surface area contributed by atoms with Crippen LogP contribution < -0.4 is 10.5 Å². The van der Waals surface area contributed by atoms with Gasteiger partial charge in [-0.05, 0) is 12.1 Å². The van der Waals surface area contributed by atoms with Crippen LogP contribution in [0.25, 0.3) is 0 Å². The fourth-order valence-corrected chi connectivity index (χ4v) is 1.26. The maximum Gasteiger partial charge on any atom is 0.320 e. The molecule has 1 unspecified atom stereocenters. The predicted molar refractivity (Wildman–Crippen MR) is 54.0 cm³/mol. The number of hydrogen-bond acceptors (Lipinski definition) is 4. The largest absolute Gasteiger partial charge is 0.508 e. The predicted octanol–water partition coefficient (Wildman–Crippen LogP) is 0.355. The zero-order valence-corrected chi connectivity index (χ0v) is 8.30. The minimum atomic E-state index is -1.11. The van der Waals surface area contributed by atoms with E-state index in [1.807, 2.05) is 0 Å². The molecule has 0 saturated carbocycles. The molecule has 0 aliphatic heterocycles. The van der Waals surface area contributed by atoms with Crippen molar-refractivity contribution in [2.24, 2.45) is 5.73 Å². The van der Waals surface area contributed by atoms with E-state index in [1.54, 1.807) is 12.1 Å². The number of aliphatic carboxylic acids is 1. The summed E-state index contributed by atoms with van der Waals surface area (Å²) in [6.07, 6.45) is 0.0329. The zero-order chi connectivity index (χ0) is 11.4. The van der Waals surface area contributed by atoms with Crippen molar-refractivity contribution in [3.05, 3.63) is 23.8 Å². The van der Waals surface area contributed by atoms with Crippen LogP contribution in [0.1, 0.15) is 5.56 Å². The summed E-state index contributed by atoms with van der Waals surface area (Å²) < 4.78 is 5.00. The van der Waals surface area contributed by atoms with Crippen molar-refractivity contribution in [1.82, 2.24) is 0 Å². The summed E-state index contributed by atoms with van der Waals surface area (Å²) in [4.78, 5) is 10.6. The molecule has 1 rings (SSSR count). The number of rotatable bonds is 4. The second kappa shape index (κ2) is 4.65. The molecule has 15 heavy (non-hydrogen) atoms. The fraction of sp³-hybridized carbons (Fsp3) is 0.300. The summed E-state index contributed by atoms with van der Waals surface area (Å²) in [5.74, 6) is -0.682. The van der Waals surface area contributed by atoms with Crippen LogP contribution in [0, 0.1) is 0 Å². The highest BCUT2D eigenvalue weighted by Crippen LogP contribution is 2.28. The van der Waals surface area contributed by atoms with Gasteiger partial charge in [0, 0.05) is 12.0 Å². The van der Waals surface area contributed by atoms with E-state index in [9.17, 15) is 9.90 Å². The fourth-order valence-electron chi connectivity index (χ4n) is 1.26. The first-order valence-corrected chi connectivity index (χ1v) is 4.39. The van der Waals surface area contributed by atoms with Gasteiger partial charge < -0.3 is 20.7 Å². The smallest absolute Gasteiger partial charge is 0.320 e. The Morgan fingerprint density at radius 3 is 2.80 bits per heavy atom. The van der Waals surface area contributed by atoms with Crippen molar-refractivity contribution >= 4 is 5.97 Å². The van der Waals surface area contributed by atoms with E-state index in [4.69, 9.17) is 15.6 Å². The molecule has 0 fully saturated rings. The monoisotopic (exact) mass is 211 g/mol. The molecule has 5 nitrogen and oxygen atoms in total. The molecule has 4 N–H and O–H groups in total. The molecular weight excluding hydrogens is 198 g/mol. The van der Waals surface area contributed by atoms with Crippen molar-refractivity contribution in [2.75, 3.05) is 7.11 Å². The number of carbonyl (C=O) groups is 1. The lowest BCUT2D eigenvalue weighted by Gasteiger charge is -2.12. The van der Waals surface area contributed by atoms with Crippen LogP contribution in [0.5, 0.6) is 11.5 Å². The lowest BCUT2D eigenvalue weighted by atomic mass is 10.0. The van der Waals surface area contributed by atoms with E-state index < -0.39 is 12.0 Å². The van der Waals surface area contributed by atoms with Crippen molar-refractivity contribution in [2.45, 2.75) is 12.5 Å². The van der Waals surface area contributed by atoms with Crippen LogP contribution in [-0.4, -0.2) is 29.3 Å². The van der Waals surface area contributed by atoms with Gasteiger partial charge in [0.05, 0.1) is 7.11 Å². The van der Waals surface area contributed by atoms with Gasteiger partial charge >= 0.3 is 5.97 Å². The van der Waals surface area contributed by atoms with E-state index in [-0.39, 0.29) is 12.2 Å². The number of ether oxygens (including phenoxy) is 1. The maximum atomic E-state index is 10.6. The molecule has 0 spiro atoms. The van der Waals surface area contributed by atoms with Crippen LogP contribution in [0.15, 0.2) is 18.2 Å². The molecule has 0 amide bonds. The van der Waals surface area contributed by atoms with Gasteiger partial charge in [0.15, 0.2) is 0 Å². The highest BCUT2D eigenvalue weighted by molar-refractivity contribution is 5.74. The van der Waals surface area contributed by atoms with E-state index in [0.717, 1.165) is 0 Å². The SMILES string of the molecule is COc1cccc(O)c1CC(N)C(=O)O. The minimum absolute atomic E-state index is 0.00829. The molecule has 1 aromatic carbocycles. The van der Waals surface area contributed by atoms with Gasteiger partial charge in [-0.15, -0.1) is 0 Å². The summed E-state index contributed by atoms with van der Waals surface area (Å²) in [6.45, 7) is 0. The van der Waals surface area contributed by atoms with Crippen LogP contribution >= 0.6 is 0 Å². The molecular formula is C10H13NO4. The summed E-state index contributed by atoms with van der Waals surface area (Å²) in [5, 5.41) is 18.2. The van der Waals surface area contributed by atoms with Crippen LogP contribution in [0.4, 0.5) is 0 Å². The lowest BCUT2D eigenvalue weighted by Crippen LogP contribution is -2.32. The number of hydrogen-bond donors (Lipinski definition) is 3. The molecule has 1 atom stereocenters. The number of carboxylic acid groups (broad SMARTS) is 1. The van der Waals surface area contributed by atoms with Crippen molar-refractivity contribution in [1.29, 1.82) is 0 Å². The number of methoxy groups -OCH3 is 1. The molecule has 1 aromatic rings. The van der Waals surface area contributed by atoms with Gasteiger partial charge in [-0.3, -0.25) is 4.79 Å². The Labute approximate surface area is 87.1 Å². The Morgan fingerprint density at radius 2 is 2.27 bits per heavy atom. The van der Waals surface area contributed by atoms with Gasteiger partial charge in [0.2, 0.25) is 0 Å². The first kappa shape index (κ1) is 11.3. The summed E-state index contributed by atoms with van der Waals surface area (Å²) in [6, 6.07) is 3.67. The molecule has 0 aliphatic carbocycles. The molecule has 0 radical (unpaired) electrons. The highest BCUT2D eigenvalue weighted by atomic mass is 16.5. The molecule has 0 saturated heterocycles. The van der Waals surface area contributed by atoms with Crippen molar-refractivity contribution < 1.29 is 19.7 Å². The van der Waals surface area contributed by atoms with Gasteiger partial charge in [0.25, 0.3) is 0 Å². The standard InChI is InChI=1S/C10H13NO4/c1-15-9-4-2-3-8(12)6(9)5-7(11)10(13)14/h2-4,7,12H,5,11H2,1H3,(H,13,14). The van der Waals surface area contributed by atoms with Gasteiger partial charge in [-0.2, -0.15) is 0 Å². The number of nitrogens with two attached hydrogens (primary N) is 1. The number of phenols is 1. The molecule has 0 aromatic heterocycles. The second-order valence-corrected chi connectivity index (χ2v) is 3.11. The van der Waals surface area contributed by atoms with E-state index in [2.05, 4.69) is 0 Å². The number of carboxylic acids is 1. The number of benzene rings is 1. The molecule has 0 aliphatic rings. The molecule has 0 bridgehead atoms. The highest BCUT2D eigenvalue weighted by Gasteiger charge is 2.17. The topological polar surface area (TPSA) is 92.8 Å². The van der Waals surface area contributed by atoms with Gasteiger partial charge in [-0.25, -0.2) is 0 Å². The van der Waals surface area contributed by atoms with E-state index in [0.29, 0.717) is 11.3 Å². The lowest BCUT2D eigenvalue weighted by molar-refractivity contribution is -0.138. The Bertz CT molecular complexity index is 364. The van der Waals surface area contributed by atoms with Crippen LogP contribution in [0.3, 0.4) is 0 Å². The van der Waals surface area contributed by atoms with E-state index in [1.165, 1.54) is 13.2 Å². The first-order chi connectivity index (χ1) is 7.06. The third-order valence-electron chi connectivity index (χ3n) is 2.07.